The third kappa shape index (κ3) is 3.14. The summed E-state index contributed by atoms with van der Waals surface area (Å²) in [7, 11) is 0. The molecule has 18 heavy (non-hydrogen) atoms. The van der Waals surface area contributed by atoms with Crippen LogP contribution in [-0.2, 0) is 0 Å². The normalized spacial score (nSPS) is 18.2. The lowest BCUT2D eigenvalue weighted by atomic mass is 9.77. The van der Waals surface area contributed by atoms with Gasteiger partial charge in [0.2, 0.25) is 0 Å². The number of ether oxygens (including phenoxy) is 1. The second-order valence-electron chi connectivity index (χ2n) is 4.45. The van der Waals surface area contributed by atoms with Crippen molar-refractivity contribution in [1.82, 2.24) is 5.43 Å². The summed E-state index contributed by atoms with van der Waals surface area (Å²) in [6.07, 6.45) is -1.29. The van der Waals surface area contributed by atoms with Gasteiger partial charge in [-0.25, -0.2) is 0 Å². The number of halogens is 3. The van der Waals surface area contributed by atoms with E-state index in [-0.39, 0.29) is 11.8 Å². The Morgan fingerprint density at radius 3 is 2.22 bits per heavy atom. The first-order valence-electron chi connectivity index (χ1n) is 5.81. The third-order valence-corrected chi connectivity index (χ3v) is 3.27. The number of rotatable bonds is 4. The first-order valence-corrected chi connectivity index (χ1v) is 5.81. The average Bonchev–Trinajstić information content (AvgIpc) is 2.22. The molecule has 0 bridgehead atoms. The first-order chi connectivity index (χ1) is 8.49. The van der Waals surface area contributed by atoms with Crippen LogP contribution in [-0.4, -0.2) is 6.36 Å². The molecule has 1 aliphatic carbocycles. The van der Waals surface area contributed by atoms with Gasteiger partial charge in [-0.05, 0) is 36.5 Å². The van der Waals surface area contributed by atoms with Crippen LogP contribution >= 0.6 is 0 Å². The molecule has 0 aromatic heterocycles. The molecule has 3 nitrogen and oxygen atoms in total. The monoisotopic (exact) mass is 260 g/mol. The highest BCUT2D eigenvalue weighted by Gasteiger charge is 2.31. The lowest BCUT2D eigenvalue weighted by molar-refractivity contribution is -0.274. The molecule has 0 heterocycles. The molecule has 1 unspecified atom stereocenters. The number of hydrazine groups is 1. The molecule has 1 aromatic rings. The van der Waals surface area contributed by atoms with Crippen molar-refractivity contribution in [3.63, 3.8) is 0 Å². The molecule has 0 amide bonds. The van der Waals surface area contributed by atoms with Crippen LogP contribution in [0.5, 0.6) is 5.75 Å². The number of nitrogens with two attached hydrogens (primary N) is 1. The van der Waals surface area contributed by atoms with E-state index < -0.39 is 6.36 Å². The highest BCUT2D eigenvalue weighted by atomic mass is 19.4. The van der Waals surface area contributed by atoms with Crippen molar-refractivity contribution in [2.75, 3.05) is 0 Å². The lowest BCUT2D eigenvalue weighted by Crippen LogP contribution is -2.36. The zero-order valence-corrected chi connectivity index (χ0v) is 9.70. The fourth-order valence-electron chi connectivity index (χ4n) is 2.15. The van der Waals surface area contributed by atoms with Crippen LogP contribution in [0.1, 0.15) is 30.9 Å². The fourth-order valence-corrected chi connectivity index (χ4v) is 2.15. The summed E-state index contributed by atoms with van der Waals surface area (Å²) in [5.41, 5.74) is 3.61. The summed E-state index contributed by atoms with van der Waals surface area (Å²) in [6.45, 7) is 0. The quantitative estimate of drug-likeness (QED) is 0.646. The smallest absolute Gasteiger partial charge is 0.406 e. The summed E-state index contributed by atoms with van der Waals surface area (Å²) in [5, 5.41) is 0. The van der Waals surface area contributed by atoms with E-state index in [1.54, 1.807) is 12.1 Å². The van der Waals surface area contributed by atoms with E-state index in [4.69, 9.17) is 5.84 Å². The Balaban J connectivity index is 2.06. The number of hydrogen-bond acceptors (Lipinski definition) is 3. The maximum atomic E-state index is 12.0. The number of nitrogens with one attached hydrogen (secondary N) is 1. The van der Waals surface area contributed by atoms with E-state index in [0.717, 1.165) is 18.4 Å². The third-order valence-electron chi connectivity index (χ3n) is 3.27. The van der Waals surface area contributed by atoms with Crippen LogP contribution < -0.4 is 16.0 Å². The average molecular weight is 260 g/mol. The fraction of sp³-hybridized carbons (Fsp3) is 0.500. The second kappa shape index (κ2) is 5.16. The van der Waals surface area contributed by atoms with E-state index in [1.165, 1.54) is 18.6 Å². The first kappa shape index (κ1) is 13.2. The van der Waals surface area contributed by atoms with Crippen LogP contribution in [0.3, 0.4) is 0 Å². The van der Waals surface area contributed by atoms with Crippen LogP contribution in [0.25, 0.3) is 0 Å². The van der Waals surface area contributed by atoms with Crippen LogP contribution in [0.15, 0.2) is 24.3 Å². The molecule has 0 saturated heterocycles. The van der Waals surface area contributed by atoms with Gasteiger partial charge >= 0.3 is 6.36 Å². The van der Waals surface area contributed by atoms with E-state index in [0.29, 0.717) is 5.92 Å². The zero-order valence-electron chi connectivity index (χ0n) is 9.70. The maximum absolute atomic E-state index is 12.0. The molecule has 2 rings (SSSR count). The molecule has 0 radical (unpaired) electrons. The van der Waals surface area contributed by atoms with Crippen molar-refractivity contribution in [1.29, 1.82) is 0 Å². The molecule has 1 aliphatic rings. The van der Waals surface area contributed by atoms with Gasteiger partial charge in [0.15, 0.2) is 0 Å². The van der Waals surface area contributed by atoms with Gasteiger partial charge in [-0.1, -0.05) is 18.6 Å². The summed E-state index contributed by atoms with van der Waals surface area (Å²) in [4.78, 5) is 0. The SMILES string of the molecule is NNC(c1ccc(OC(F)(F)F)cc1)C1CCC1. The predicted octanol–water partition coefficient (Wildman–Crippen LogP) is 2.89. The van der Waals surface area contributed by atoms with Crippen molar-refractivity contribution in [3.8, 4) is 5.75 Å². The van der Waals surface area contributed by atoms with Crippen molar-refractivity contribution in [2.45, 2.75) is 31.7 Å². The molecule has 3 N–H and O–H groups in total. The van der Waals surface area contributed by atoms with Crippen molar-refractivity contribution < 1.29 is 17.9 Å². The molecular weight excluding hydrogens is 245 g/mol. The summed E-state index contributed by atoms with van der Waals surface area (Å²) < 4.78 is 39.8. The van der Waals surface area contributed by atoms with Gasteiger partial charge in [0.05, 0.1) is 0 Å². The van der Waals surface area contributed by atoms with E-state index in [1.807, 2.05) is 0 Å². The molecule has 1 atom stereocenters. The van der Waals surface area contributed by atoms with E-state index in [9.17, 15) is 13.2 Å². The van der Waals surface area contributed by atoms with E-state index in [2.05, 4.69) is 10.2 Å². The number of hydrogen-bond donors (Lipinski definition) is 2. The van der Waals surface area contributed by atoms with Gasteiger partial charge in [0.25, 0.3) is 0 Å². The van der Waals surface area contributed by atoms with Crippen molar-refractivity contribution in [2.24, 2.45) is 11.8 Å². The minimum Gasteiger partial charge on any atom is -0.406 e. The van der Waals surface area contributed by atoms with Gasteiger partial charge in [0.1, 0.15) is 5.75 Å². The topological polar surface area (TPSA) is 47.3 Å². The maximum Gasteiger partial charge on any atom is 0.573 e. The number of benzene rings is 1. The Morgan fingerprint density at radius 1 is 1.22 bits per heavy atom. The molecule has 0 spiro atoms. The standard InChI is InChI=1S/C12H15F3N2O/c13-12(14,15)18-10-6-4-9(5-7-10)11(17-16)8-2-1-3-8/h4-8,11,17H,1-3,16H2. The molecule has 1 saturated carbocycles. The van der Waals surface area contributed by atoms with Crippen LogP contribution in [0.4, 0.5) is 13.2 Å². The van der Waals surface area contributed by atoms with Gasteiger partial charge < -0.3 is 4.74 Å². The predicted molar refractivity (Wildman–Crippen MR) is 60.5 cm³/mol. The molecule has 1 fully saturated rings. The van der Waals surface area contributed by atoms with Gasteiger partial charge in [0, 0.05) is 6.04 Å². The Bertz CT molecular complexity index is 387. The van der Waals surface area contributed by atoms with Crippen LogP contribution in [0, 0.1) is 5.92 Å². The second-order valence-corrected chi connectivity index (χ2v) is 4.45. The van der Waals surface area contributed by atoms with E-state index >= 15 is 0 Å². The summed E-state index contributed by atoms with van der Waals surface area (Å²) in [5.74, 6) is 5.74. The largest absolute Gasteiger partial charge is 0.573 e. The molecule has 100 valence electrons. The Kier molecular flexibility index (Phi) is 3.77. The molecule has 6 heteroatoms. The zero-order chi connectivity index (χ0) is 13.2. The molecular formula is C12H15F3N2O. The summed E-state index contributed by atoms with van der Waals surface area (Å²) >= 11 is 0. The Hall–Kier alpha value is -1.27. The van der Waals surface area contributed by atoms with Gasteiger partial charge in [-0.15, -0.1) is 13.2 Å². The summed E-state index contributed by atoms with van der Waals surface area (Å²) in [6, 6.07) is 5.85. The van der Waals surface area contributed by atoms with Crippen LogP contribution in [0.2, 0.25) is 0 Å². The Labute approximate surface area is 103 Å². The minimum absolute atomic E-state index is 0.00122. The van der Waals surface area contributed by atoms with Gasteiger partial charge in [-0.3, -0.25) is 11.3 Å². The number of alkyl halides is 3. The molecule has 1 aromatic carbocycles. The Morgan fingerprint density at radius 2 is 1.83 bits per heavy atom. The highest BCUT2D eigenvalue weighted by molar-refractivity contribution is 5.29. The van der Waals surface area contributed by atoms with Crippen molar-refractivity contribution >= 4 is 0 Å². The molecule has 0 aliphatic heterocycles. The highest BCUT2D eigenvalue weighted by Crippen LogP contribution is 2.37. The minimum atomic E-state index is -4.65. The van der Waals surface area contributed by atoms with Gasteiger partial charge in [-0.2, -0.15) is 0 Å². The lowest BCUT2D eigenvalue weighted by Gasteiger charge is -2.33. The van der Waals surface area contributed by atoms with Crippen molar-refractivity contribution in [3.05, 3.63) is 29.8 Å².